The number of benzene rings is 2. The highest BCUT2D eigenvalue weighted by atomic mass is 15.2. The van der Waals surface area contributed by atoms with Gasteiger partial charge in [0.25, 0.3) is 0 Å². The van der Waals surface area contributed by atoms with Crippen molar-refractivity contribution in [3.8, 4) is 0 Å². The van der Waals surface area contributed by atoms with E-state index in [1.165, 1.54) is 16.7 Å². The smallest absolute Gasteiger partial charge is 0.102 e. The molecule has 0 aliphatic carbocycles. The number of fused-ring (bicyclic) bond motifs is 1. The summed E-state index contributed by atoms with van der Waals surface area (Å²) < 4.78 is 0. The third-order valence-corrected chi connectivity index (χ3v) is 4.54. The number of rotatable bonds is 1. The number of aliphatic imine (C=N–C) groups is 1. The third-order valence-electron chi connectivity index (χ3n) is 4.54. The van der Waals surface area contributed by atoms with Crippen LogP contribution < -0.4 is 0 Å². The topological polar surface area (TPSA) is 15.6 Å². The molecule has 3 rings (SSSR count). The number of nitrogens with zero attached hydrogens (tertiary/aromatic N) is 2. The summed E-state index contributed by atoms with van der Waals surface area (Å²) in [6.45, 7) is 6.54. The lowest BCUT2D eigenvalue weighted by Crippen LogP contribution is -2.47. The van der Waals surface area contributed by atoms with Gasteiger partial charge in [0.15, 0.2) is 0 Å². The summed E-state index contributed by atoms with van der Waals surface area (Å²) in [7, 11) is 2.13. The molecule has 1 aliphatic heterocycles. The van der Waals surface area contributed by atoms with Crippen molar-refractivity contribution in [3.05, 3.63) is 65.2 Å². The van der Waals surface area contributed by atoms with Crippen LogP contribution in [0.4, 0.5) is 5.69 Å². The van der Waals surface area contributed by atoms with Crippen molar-refractivity contribution in [2.24, 2.45) is 4.99 Å². The van der Waals surface area contributed by atoms with Crippen molar-refractivity contribution in [1.82, 2.24) is 4.90 Å². The molecule has 2 nitrogen and oxygen atoms in total. The SMILES string of the molecule is CC1=Nc2ccccc2C(C)(c2ccccc2C)N1C. The van der Waals surface area contributed by atoms with E-state index < -0.39 is 0 Å². The molecule has 1 atom stereocenters. The summed E-state index contributed by atoms with van der Waals surface area (Å²) >= 11 is 0. The Hall–Kier alpha value is -2.09. The molecule has 0 aromatic heterocycles. The van der Waals surface area contributed by atoms with Gasteiger partial charge in [0, 0.05) is 12.6 Å². The van der Waals surface area contributed by atoms with Gasteiger partial charge < -0.3 is 4.90 Å². The van der Waals surface area contributed by atoms with Gasteiger partial charge in [0.05, 0.1) is 11.2 Å². The van der Waals surface area contributed by atoms with E-state index >= 15 is 0 Å². The summed E-state index contributed by atoms with van der Waals surface area (Å²) in [6, 6.07) is 17.1. The maximum absolute atomic E-state index is 4.72. The highest BCUT2D eigenvalue weighted by Gasteiger charge is 2.39. The Morgan fingerprint density at radius 2 is 1.50 bits per heavy atom. The van der Waals surface area contributed by atoms with Crippen LogP contribution in [0.3, 0.4) is 0 Å². The molecule has 0 N–H and O–H groups in total. The molecule has 0 saturated heterocycles. The van der Waals surface area contributed by atoms with Gasteiger partial charge in [-0.25, -0.2) is 4.99 Å². The summed E-state index contributed by atoms with van der Waals surface area (Å²) in [5, 5.41) is 0. The second-order valence-corrected chi connectivity index (χ2v) is 5.62. The van der Waals surface area contributed by atoms with Crippen molar-refractivity contribution < 1.29 is 0 Å². The fourth-order valence-corrected chi connectivity index (χ4v) is 3.18. The predicted octanol–water partition coefficient (Wildman–Crippen LogP) is 4.25. The summed E-state index contributed by atoms with van der Waals surface area (Å²) in [4.78, 5) is 7.00. The van der Waals surface area contributed by atoms with Gasteiger partial charge in [0.1, 0.15) is 5.84 Å². The monoisotopic (exact) mass is 264 g/mol. The van der Waals surface area contributed by atoms with Gasteiger partial charge in [-0.05, 0) is 38.0 Å². The standard InChI is InChI=1S/C18H20N2/c1-13-9-5-6-10-15(13)18(3)16-11-7-8-12-17(16)19-14(2)20(18)4/h5-12H,1-4H3. The number of hydrogen-bond acceptors (Lipinski definition) is 2. The Morgan fingerprint density at radius 3 is 2.20 bits per heavy atom. The molecular weight excluding hydrogens is 244 g/mol. The molecule has 1 heterocycles. The zero-order valence-corrected chi connectivity index (χ0v) is 12.5. The van der Waals surface area contributed by atoms with Gasteiger partial charge in [-0.3, -0.25) is 0 Å². The molecule has 0 bridgehead atoms. The van der Waals surface area contributed by atoms with E-state index in [2.05, 4.69) is 81.2 Å². The van der Waals surface area contributed by atoms with Crippen LogP contribution in [0.15, 0.2) is 53.5 Å². The first-order valence-corrected chi connectivity index (χ1v) is 7.00. The third kappa shape index (κ3) is 1.68. The first-order chi connectivity index (χ1) is 9.55. The van der Waals surface area contributed by atoms with E-state index in [1.54, 1.807) is 0 Å². The minimum atomic E-state index is -0.173. The first-order valence-electron chi connectivity index (χ1n) is 7.00. The van der Waals surface area contributed by atoms with Gasteiger partial charge in [-0.15, -0.1) is 0 Å². The predicted molar refractivity (Wildman–Crippen MR) is 84.6 cm³/mol. The lowest BCUT2D eigenvalue weighted by atomic mass is 9.79. The molecule has 20 heavy (non-hydrogen) atoms. The zero-order chi connectivity index (χ0) is 14.3. The van der Waals surface area contributed by atoms with Crippen LogP contribution in [0.5, 0.6) is 0 Å². The van der Waals surface area contributed by atoms with Gasteiger partial charge in [-0.1, -0.05) is 42.5 Å². The van der Waals surface area contributed by atoms with Crippen LogP contribution in [-0.4, -0.2) is 17.8 Å². The van der Waals surface area contributed by atoms with Crippen molar-refractivity contribution in [2.75, 3.05) is 7.05 Å². The minimum absolute atomic E-state index is 0.173. The van der Waals surface area contributed by atoms with E-state index in [0.29, 0.717) is 0 Å². The molecule has 1 aliphatic rings. The fraction of sp³-hybridized carbons (Fsp3) is 0.278. The van der Waals surface area contributed by atoms with E-state index in [0.717, 1.165) is 11.5 Å². The molecule has 102 valence electrons. The summed E-state index contributed by atoms with van der Waals surface area (Å²) in [5.41, 5.74) is 4.82. The molecule has 0 fully saturated rings. The lowest BCUT2D eigenvalue weighted by Gasteiger charge is -2.45. The molecule has 2 heteroatoms. The molecule has 0 spiro atoms. The zero-order valence-electron chi connectivity index (χ0n) is 12.5. The number of amidine groups is 1. The molecule has 0 saturated carbocycles. The Morgan fingerprint density at radius 1 is 0.900 bits per heavy atom. The average Bonchev–Trinajstić information content (AvgIpc) is 2.45. The second kappa shape index (κ2) is 4.48. The Kier molecular flexibility index (Phi) is 2.89. The van der Waals surface area contributed by atoms with Crippen LogP contribution in [0.1, 0.15) is 30.5 Å². The number of aryl methyl sites for hydroxylation is 1. The number of para-hydroxylation sites is 1. The highest BCUT2D eigenvalue weighted by molar-refractivity contribution is 5.87. The Bertz CT molecular complexity index is 687. The van der Waals surface area contributed by atoms with Gasteiger partial charge in [-0.2, -0.15) is 0 Å². The van der Waals surface area contributed by atoms with E-state index in [4.69, 9.17) is 4.99 Å². The maximum atomic E-state index is 4.72. The van der Waals surface area contributed by atoms with E-state index in [1.807, 2.05) is 0 Å². The molecule has 0 amide bonds. The van der Waals surface area contributed by atoms with Crippen LogP contribution in [0.25, 0.3) is 0 Å². The molecule has 2 aromatic rings. The summed E-state index contributed by atoms with van der Waals surface area (Å²) in [6.07, 6.45) is 0. The van der Waals surface area contributed by atoms with Gasteiger partial charge >= 0.3 is 0 Å². The average molecular weight is 264 g/mol. The number of hydrogen-bond donors (Lipinski definition) is 0. The van der Waals surface area contributed by atoms with Gasteiger partial charge in [0.2, 0.25) is 0 Å². The second-order valence-electron chi connectivity index (χ2n) is 5.62. The quantitative estimate of drug-likeness (QED) is 0.751. The fourth-order valence-electron chi connectivity index (χ4n) is 3.18. The van der Waals surface area contributed by atoms with Crippen LogP contribution in [-0.2, 0) is 5.54 Å². The lowest BCUT2D eigenvalue weighted by molar-refractivity contribution is 0.280. The van der Waals surface area contributed by atoms with Crippen molar-refractivity contribution in [2.45, 2.75) is 26.3 Å². The van der Waals surface area contributed by atoms with E-state index in [9.17, 15) is 0 Å². The van der Waals surface area contributed by atoms with Crippen LogP contribution in [0.2, 0.25) is 0 Å². The molecular formula is C18H20N2. The first kappa shape index (κ1) is 12.9. The Labute approximate surface area is 120 Å². The van der Waals surface area contributed by atoms with Crippen molar-refractivity contribution >= 4 is 11.5 Å². The van der Waals surface area contributed by atoms with Crippen molar-refractivity contribution in [1.29, 1.82) is 0 Å². The van der Waals surface area contributed by atoms with E-state index in [-0.39, 0.29) is 5.54 Å². The maximum Gasteiger partial charge on any atom is 0.102 e. The highest BCUT2D eigenvalue weighted by Crippen LogP contribution is 2.44. The molecule has 2 aromatic carbocycles. The van der Waals surface area contributed by atoms with Crippen LogP contribution in [0, 0.1) is 6.92 Å². The summed E-state index contributed by atoms with van der Waals surface area (Å²) in [5.74, 6) is 1.05. The van der Waals surface area contributed by atoms with Crippen LogP contribution >= 0.6 is 0 Å². The normalized spacial score (nSPS) is 21.4. The van der Waals surface area contributed by atoms with Crippen molar-refractivity contribution in [3.63, 3.8) is 0 Å². The minimum Gasteiger partial charge on any atom is -0.350 e. The largest absolute Gasteiger partial charge is 0.350 e. The molecule has 0 radical (unpaired) electrons. The molecule has 1 unspecified atom stereocenters. The Balaban J connectivity index is 2.32.